The van der Waals surface area contributed by atoms with E-state index in [2.05, 4.69) is 0 Å². The van der Waals surface area contributed by atoms with Crippen molar-refractivity contribution in [3.8, 4) is 17.9 Å². The first kappa shape index (κ1) is 19.3. The van der Waals surface area contributed by atoms with E-state index in [0.717, 1.165) is 17.7 Å². The molecule has 0 aliphatic rings. The quantitative estimate of drug-likeness (QED) is 0.745. The molecule has 0 bridgehead atoms. The lowest BCUT2D eigenvalue weighted by atomic mass is 9.85. The van der Waals surface area contributed by atoms with Crippen molar-refractivity contribution in [3.63, 3.8) is 0 Å². The maximum absolute atomic E-state index is 12.6. The van der Waals surface area contributed by atoms with Gasteiger partial charge in [0.25, 0.3) is 0 Å². The van der Waals surface area contributed by atoms with Gasteiger partial charge in [-0.15, -0.1) is 0 Å². The molecule has 0 fully saturated rings. The zero-order valence-electron chi connectivity index (χ0n) is 14.6. The first-order valence-electron chi connectivity index (χ1n) is 7.84. The van der Waals surface area contributed by atoms with E-state index in [9.17, 15) is 23.7 Å². The molecule has 0 aliphatic carbocycles. The minimum Gasteiger partial charge on any atom is -0.486 e. The highest BCUT2D eigenvalue weighted by molar-refractivity contribution is 5.56. The summed E-state index contributed by atoms with van der Waals surface area (Å²) >= 11 is 0. The van der Waals surface area contributed by atoms with E-state index in [-0.39, 0.29) is 28.9 Å². The third kappa shape index (κ3) is 4.34. The second-order valence-electron chi connectivity index (χ2n) is 6.86. The van der Waals surface area contributed by atoms with Gasteiger partial charge in [-0.1, -0.05) is 32.9 Å². The first-order chi connectivity index (χ1) is 12.1. The lowest BCUT2D eigenvalue weighted by Crippen LogP contribution is -2.12. The van der Waals surface area contributed by atoms with Crippen molar-refractivity contribution in [3.05, 3.63) is 64.2 Å². The Morgan fingerprint density at radius 1 is 0.885 bits per heavy atom. The molecule has 0 N–H and O–H groups in total. The number of rotatable bonds is 3. The number of nitriles is 2. The van der Waals surface area contributed by atoms with Crippen LogP contribution in [-0.4, -0.2) is 0 Å². The number of benzene rings is 2. The monoisotopic (exact) mass is 358 g/mol. The fourth-order valence-corrected chi connectivity index (χ4v) is 2.33. The van der Waals surface area contributed by atoms with Crippen LogP contribution >= 0.6 is 0 Å². The summed E-state index contributed by atoms with van der Waals surface area (Å²) in [5.74, 6) is 0.142. The molecule has 2 aromatic carbocycles. The summed E-state index contributed by atoms with van der Waals surface area (Å²) in [6.07, 6.45) is -4.40. The highest BCUT2D eigenvalue weighted by Crippen LogP contribution is 2.32. The number of nitrogens with zero attached hydrogens (tertiary/aromatic N) is 2. The fraction of sp³-hybridized carbons (Fsp3) is 0.300. The van der Waals surface area contributed by atoms with Crippen molar-refractivity contribution in [2.75, 3.05) is 0 Å². The molecular formula is C20H17F3N2O. The van der Waals surface area contributed by atoms with E-state index in [4.69, 9.17) is 4.74 Å². The number of alkyl halides is 3. The molecule has 0 saturated heterocycles. The van der Waals surface area contributed by atoms with Gasteiger partial charge in [0.1, 0.15) is 18.7 Å². The lowest BCUT2D eigenvalue weighted by molar-refractivity contribution is -0.137. The Balaban J connectivity index is 2.30. The van der Waals surface area contributed by atoms with Gasteiger partial charge in [-0.2, -0.15) is 23.7 Å². The summed E-state index contributed by atoms with van der Waals surface area (Å²) in [5, 5.41) is 18.8. The van der Waals surface area contributed by atoms with Gasteiger partial charge in [0.05, 0.1) is 16.7 Å². The maximum atomic E-state index is 12.6. The minimum atomic E-state index is -4.40. The third-order valence-corrected chi connectivity index (χ3v) is 3.86. The topological polar surface area (TPSA) is 56.8 Å². The summed E-state index contributed by atoms with van der Waals surface area (Å²) in [6.45, 7) is 5.85. The summed E-state index contributed by atoms with van der Waals surface area (Å²) in [4.78, 5) is 0. The van der Waals surface area contributed by atoms with Crippen LogP contribution in [0.5, 0.6) is 5.75 Å². The molecule has 0 radical (unpaired) electrons. The van der Waals surface area contributed by atoms with Crippen LogP contribution in [0.1, 0.15) is 48.6 Å². The molecule has 0 atom stereocenters. The van der Waals surface area contributed by atoms with E-state index in [1.165, 1.54) is 12.1 Å². The molecule has 6 heteroatoms. The molecule has 0 amide bonds. The van der Waals surface area contributed by atoms with Crippen LogP contribution in [0.2, 0.25) is 0 Å². The molecule has 2 rings (SSSR count). The molecule has 0 aliphatic heterocycles. The molecule has 0 unspecified atom stereocenters. The van der Waals surface area contributed by atoms with Crippen LogP contribution in [0, 0.1) is 22.7 Å². The number of hydrogen-bond donors (Lipinski definition) is 0. The average Bonchev–Trinajstić information content (AvgIpc) is 2.57. The van der Waals surface area contributed by atoms with Crippen molar-refractivity contribution < 1.29 is 17.9 Å². The van der Waals surface area contributed by atoms with Crippen molar-refractivity contribution in [2.45, 2.75) is 39.0 Å². The molecule has 0 heterocycles. The second-order valence-corrected chi connectivity index (χ2v) is 6.86. The number of hydrogen-bond acceptors (Lipinski definition) is 3. The Morgan fingerprint density at radius 2 is 1.38 bits per heavy atom. The zero-order valence-corrected chi connectivity index (χ0v) is 14.6. The number of halogens is 3. The van der Waals surface area contributed by atoms with Gasteiger partial charge in [-0.25, -0.2) is 0 Å². The van der Waals surface area contributed by atoms with Crippen LogP contribution in [0.25, 0.3) is 0 Å². The van der Waals surface area contributed by atoms with Gasteiger partial charge in [0.2, 0.25) is 0 Å². The minimum absolute atomic E-state index is 0.0453. The molecule has 0 spiro atoms. The van der Waals surface area contributed by atoms with E-state index in [1.807, 2.05) is 32.9 Å². The highest BCUT2D eigenvalue weighted by atomic mass is 19.4. The van der Waals surface area contributed by atoms with Crippen LogP contribution < -0.4 is 4.74 Å². The first-order valence-corrected chi connectivity index (χ1v) is 7.84. The molecule has 0 aromatic heterocycles. The summed E-state index contributed by atoms with van der Waals surface area (Å²) < 4.78 is 43.4. The largest absolute Gasteiger partial charge is 0.486 e. The Kier molecular flexibility index (Phi) is 5.28. The van der Waals surface area contributed by atoms with Crippen molar-refractivity contribution in [1.29, 1.82) is 10.5 Å². The molecule has 2 aromatic rings. The van der Waals surface area contributed by atoms with Crippen LogP contribution in [0.4, 0.5) is 13.2 Å². The van der Waals surface area contributed by atoms with Gasteiger partial charge in [-0.05, 0) is 40.8 Å². The Hall–Kier alpha value is -2.99. The summed E-state index contributed by atoms with van der Waals surface area (Å²) in [7, 11) is 0. The zero-order chi connectivity index (χ0) is 19.5. The molecule has 134 valence electrons. The van der Waals surface area contributed by atoms with Crippen molar-refractivity contribution >= 4 is 0 Å². The van der Waals surface area contributed by atoms with Gasteiger partial charge in [-0.3, -0.25) is 0 Å². The maximum Gasteiger partial charge on any atom is 0.416 e. The van der Waals surface area contributed by atoms with Gasteiger partial charge >= 0.3 is 6.18 Å². The molecular weight excluding hydrogens is 341 g/mol. The molecule has 0 saturated carbocycles. The smallest absolute Gasteiger partial charge is 0.416 e. The predicted molar refractivity (Wildman–Crippen MR) is 90.3 cm³/mol. The Morgan fingerprint density at radius 3 is 1.77 bits per heavy atom. The Labute approximate surface area is 150 Å². The number of ether oxygens (including phenoxy) is 1. The summed E-state index contributed by atoms with van der Waals surface area (Å²) in [6, 6.07) is 11.9. The van der Waals surface area contributed by atoms with Crippen molar-refractivity contribution in [2.24, 2.45) is 0 Å². The van der Waals surface area contributed by atoms with Crippen LogP contribution in [0.3, 0.4) is 0 Å². The van der Waals surface area contributed by atoms with Crippen LogP contribution in [0.15, 0.2) is 36.4 Å². The van der Waals surface area contributed by atoms with Crippen molar-refractivity contribution in [1.82, 2.24) is 0 Å². The fourth-order valence-electron chi connectivity index (χ4n) is 2.33. The van der Waals surface area contributed by atoms with Gasteiger partial charge < -0.3 is 4.74 Å². The van der Waals surface area contributed by atoms with E-state index in [0.29, 0.717) is 5.56 Å². The predicted octanol–water partition coefficient (Wildman–Crippen LogP) is 5.33. The van der Waals surface area contributed by atoms with Gasteiger partial charge in [0, 0.05) is 0 Å². The Bertz CT molecular complexity index is 845. The SMILES string of the molecule is CC(C)(C)c1cc(C#N)c(OCc2ccc(C(F)(F)F)cc2)c(C#N)c1. The standard InChI is InChI=1S/C20H17F3N2O/c1-19(2,3)17-8-14(10-24)18(15(9-17)11-25)26-12-13-4-6-16(7-5-13)20(21,22)23/h4-9H,12H2,1-3H3. The van der Waals surface area contributed by atoms with E-state index in [1.54, 1.807) is 12.1 Å². The van der Waals surface area contributed by atoms with Gasteiger partial charge in [0.15, 0.2) is 5.75 Å². The van der Waals surface area contributed by atoms with E-state index < -0.39 is 11.7 Å². The summed E-state index contributed by atoms with van der Waals surface area (Å²) in [5.41, 5.74) is 0.787. The third-order valence-electron chi connectivity index (χ3n) is 3.86. The molecule has 26 heavy (non-hydrogen) atoms. The van der Waals surface area contributed by atoms with E-state index >= 15 is 0 Å². The highest BCUT2D eigenvalue weighted by Gasteiger charge is 2.30. The average molecular weight is 358 g/mol. The second kappa shape index (κ2) is 7.09. The molecule has 3 nitrogen and oxygen atoms in total. The normalized spacial score (nSPS) is 11.5. The van der Waals surface area contributed by atoms with Crippen LogP contribution in [-0.2, 0) is 18.2 Å². The lowest BCUT2D eigenvalue weighted by Gasteiger charge is -2.21.